The number of methoxy groups -OCH3 is 1. The minimum atomic E-state index is 0.137. The van der Waals surface area contributed by atoms with Crippen molar-refractivity contribution < 1.29 is 14.3 Å². The molecule has 2 aromatic rings. The molecule has 0 saturated carbocycles. The Hall–Kier alpha value is -2.69. The lowest BCUT2D eigenvalue weighted by molar-refractivity contribution is -0.131. The Kier molecular flexibility index (Phi) is 5.66. The highest BCUT2D eigenvalue weighted by atomic mass is 16.5. The van der Waals surface area contributed by atoms with Gasteiger partial charge in [0.2, 0.25) is 5.91 Å². The molecule has 1 amide bonds. The predicted octanol–water partition coefficient (Wildman–Crippen LogP) is 3.12. The molecule has 0 unspecified atom stereocenters. The van der Waals surface area contributed by atoms with Gasteiger partial charge in [0.1, 0.15) is 0 Å². The minimum absolute atomic E-state index is 0.137. The van der Waals surface area contributed by atoms with Crippen LogP contribution in [0, 0.1) is 0 Å². The van der Waals surface area contributed by atoms with Gasteiger partial charge in [-0.25, -0.2) is 0 Å². The molecule has 0 fully saturated rings. The van der Waals surface area contributed by atoms with E-state index in [2.05, 4.69) is 0 Å². The van der Waals surface area contributed by atoms with Gasteiger partial charge in [0.15, 0.2) is 11.5 Å². The van der Waals surface area contributed by atoms with Crippen LogP contribution in [0.25, 0.3) is 0 Å². The lowest BCUT2D eigenvalue weighted by Gasteiger charge is -2.27. The summed E-state index contributed by atoms with van der Waals surface area (Å²) in [4.78, 5) is 16.8. The number of anilines is 1. The van der Waals surface area contributed by atoms with Crippen molar-refractivity contribution in [2.45, 2.75) is 19.4 Å². The lowest BCUT2D eigenvalue weighted by atomic mass is 10.1. The van der Waals surface area contributed by atoms with E-state index in [-0.39, 0.29) is 5.91 Å². The number of amides is 1. The zero-order chi connectivity index (χ0) is 18.5. The molecule has 0 radical (unpaired) electrons. The molecule has 0 aromatic heterocycles. The van der Waals surface area contributed by atoms with E-state index in [0.717, 1.165) is 34.7 Å². The Balaban J connectivity index is 1.74. The minimum Gasteiger partial charge on any atom is -0.493 e. The average Bonchev–Trinajstić information content (AvgIpc) is 2.62. The second kappa shape index (κ2) is 8.13. The first kappa shape index (κ1) is 18.1. The number of benzene rings is 2. The Labute approximate surface area is 155 Å². The van der Waals surface area contributed by atoms with Gasteiger partial charge in [-0.1, -0.05) is 24.3 Å². The van der Waals surface area contributed by atoms with Gasteiger partial charge in [-0.05, 0) is 30.2 Å². The first-order chi connectivity index (χ1) is 12.6. The van der Waals surface area contributed by atoms with Crippen molar-refractivity contribution in [3.63, 3.8) is 0 Å². The van der Waals surface area contributed by atoms with Gasteiger partial charge in [0, 0.05) is 38.4 Å². The zero-order valence-corrected chi connectivity index (χ0v) is 15.7. The summed E-state index contributed by atoms with van der Waals surface area (Å²) in [5.74, 6) is 1.61. The molecule has 0 N–H and O–H groups in total. The molecule has 138 valence electrons. The van der Waals surface area contributed by atoms with Crippen LogP contribution in [0.3, 0.4) is 0 Å². The van der Waals surface area contributed by atoms with Crippen LogP contribution in [-0.4, -0.2) is 45.2 Å². The van der Waals surface area contributed by atoms with Crippen molar-refractivity contribution in [3.05, 3.63) is 53.6 Å². The summed E-state index contributed by atoms with van der Waals surface area (Å²) >= 11 is 0. The predicted molar refractivity (Wildman–Crippen MR) is 103 cm³/mol. The van der Waals surface area contributed by atoms with Gasteiger partial charge in [-0.2, -0.15) is 0 Å². The maximum atomic E-state index is 12.9. The van der Waals surface area contributed by atoms with Crippen LogP contribution in [-0.2, 0) is 17.8 Å². The van der Waals surface area contributed by atoms with Crippen LogP contribution in [0.4, 0.5) is 5.69 Å². The summed E-state index contributed by atoms with van der Waals surface area (Å²) in [5, 5.41) is 0. The highest BCUT2D eigenvalue weighted by Crippen LogP contribution is 2.33. The summed E-state index contributed by atoms with van der Waals surface area (Å²) in [6.45, 7) is 1.82. The molecule has 1 aliphatic rings. The molecular formula is C21H26N2O3. The Morgan fingerprint density at radius 2 is 1.96 bits per heavy atom. The van der Waals surface area contributed by atoms with Gasteiger partial charge in [0.25, 0.3) is 0 Å². The summed E-state index contributed by atoms with van der Waals surface area (Å²) in [5.41, 5.74) is 3.15. The van der Waals surface area contributed by atoms with E-state index >= 15 is 0 Å². The van der Waals surface area contributed by atoms with Crippen molar-refractivity contribution in [2.75, 3.05) is 39.3 Å². The quantitative estimate of drug-likeness (QED) is 0.846. The van der Waals surface area contributed by atoms with Gasteiger partial charge in [0.05, 0.1) is 20.1 Å². The summed E-state index contributed by atoms with van der Waals surface area (Å²) in [6.07, 6.45) is 1.22. The standard InChI is InChI=1S/C21H26N2O3/c1-22(2)18-10-8-16(9-11-18)14-20(24)23-12-5-13-26-21-17(15-23)6-4-7-19(21)25-3/h4,6-11H,5,12-15H2,1-3H3. The Morgan fingerprint density at radius 1 is 1.19 bits per heavy atom. The third kappa shape index (κ3) is 4.10. The number of nitrogens with zero attached hydrogens (tertiary/aromatic N) is 2. The molecule has 0 spiro atoms. The van der Waals surface area contributed by atoms with Crippen LogP contribution in [0.5, 0.6) is 11.5 Å². The smallest absolute Gasteiger partial charge is 0.227 e. The molecule has 5 nitrogen and oxygen atoms in total. The largest absolute Gasteiger partial charge is 0.493 e. The lowest BCUT2D eigenvalue weighted by Crippen LogP contribution is -2.34. The molecular weight excluding hydrogens is 328 g/mol. The maximum absolute atomic E-state index is 12.9. The Morgan fingerprint density at radius 3 is 2.65 bits per heavy atom. The molecule has 1 aliphatic heterocycles. The molecule has 26 heavy (non-hydrogen) atoms. The molecule has 5 heteroatoms. The number of para-hydroxylation sites is 1. The van der Waals surface area contributed by atoms with E-state index in [1.165, 1.54) is 0 Å². The van der Waals surface area contributed by atoms with E-state index in [4.69, 9.17) is 9.47 Å². The SMILES string of the molecule is COc1cccc2c1OCCCN(C(=O)Cc1ccc(N(C)C)cc1)C2. The van der Waals surface area contributed by atoms with Crippen LogP contribution in [0.15, 0.2) is 42.5 Å². The van der Waals surface area contributed by atoms with Crippen molar-refractivity contribution in [1.82, 2.24) is 4.90 Å². The van der Waals surface area contributed by atoms with E-state index in [1.807, 2.05) is 66.4 Å². The molecule has 0 bridgehead atoms. The molecule has 1 heterocycles. The van der Waals surface area contributed by atoms with E-state index in [1.54, 1.807) is 7.11 Å². The normalized spacial score (nSPS) is 13.9. The zero-order valence-electron chi connectivity index (χ0n) is 15.7. The van der Waals surface area contributed by atoms with E-state index in [0.29, 0.717) is 26.1 Å². The van der Waals surface area contributed by atoms with Crippen molar-refractivity contribution >= 4 is 11.6 Å². The highest BCUT2D eigenvalue weighted by molar-refractivity contribution is 5.79. The number of ether oxygens (including phenoxy) is 2. The number of carbonyl (C=O) groups is 1. The number of hydrogen-bond acceptors (Lipinski definition) is 4. The van der Waals surface area contributed by atoms with Crippen LogP contribution < -0.4 is 14.4 Å². The Bertz CT molecular complexity index is 756. The van der Waals surface area contributed by atoms with Crippen LogP contribution in [0.1, 0.15) is 17.5 Å². The fraction of sp³-hybridized carbons (Fsp3) is 0.381. The number of fused-ring (bicyclic) bond motifs is 1. The van der Waals surface area contributed by atoms with Gasteiger partial charge in [-0.15, -0.1) is 0 Å². The third-order valence-corrected chi connectivity index (χ3v) is 4.62. The first-order valence-electron chi connectivity index (χ1n) is 8.91. The molecule has 0 aliphatic carbocycles. The van der Waals surface area contributed by atoms with E-state index in [9.17, 15) is 4.79 Å². The third-order valence-electron chi connectivity index (χ3n) is 4.62. The molecule has 0 atom stereocenters. The van der Waals surface area contributed by atoms with Gasteiger partial charge < -0.3 is 19.3 Å². The average molecular weight is 354 g/mol. The molecule has 0 saturated heterocycles. The van der Waals surface area contributed by atoms with Gasteiger partial charge in [-0.3, -0.25) is 4.79 Å². The number of rotatable bonds is 4. The van der Waals surface area contributed by atoms with Crippen LogP contribution in [0.2, 0.25) is 0 Å². The number of carbonyl (C=O) groups excluding carboxylic acids is 1. The topological polar surface area (TPSA) is 42.0 Å². The van der Waals surface area contributed by atoms with Crippen LogP contribution >= 0.6 is 0 Å². The van der Waals surface area contributed by atoms with Crippen molar-refractivity contribution in [2.24, 2.45) is 0 Å². The second-order valence-corrected chi connectivity index (χ2v) is 6.70. The van der Waals surface area contributed by atoms with Gasteiger partial charge >= 0.3 is 0 Å². The monoisotopic (exact) mass is 354 g/mol. The van der Waals surface area contributed by atoms with Crippen molar-refractivity contribution in [1.29, 1.82) is 0 Å². The molecule has 2 aromatic carbocycles. The summed E-state index contributed by atoms with van der Waals surface area (Å²) in [6, 6.07) is 14.0. The van der Waals surface area contributed by atoms with E-state index < -0.39 is 0 Å². The fourth-order valence-corrected chi connectivity index (χ4v) is 3.14. The summed E-state index contributed by atoms with van der Waals surface area (Å²) in [7, 11) is 5.65. The number of hydrogen-bond donors (Lipinski definition) is 0. The fourth-order valence-electron chi connectivity index (χ4n) is 3.14. The molecule has 3 rings (SSSR count). The highest BCUT2D eigenvalue weighted by Gasteiger charge is 2.21. The second-order valence-electron chi connectivity index (χ2n) is 6.70. The maximum Gasteiger partial charge on any atom is 0.227 e. The van der Waals surface area contributed by atoms with Crippen molar-refractivity contribution in [3.8, 4) is 11.5 Å². The first-order valence-corrected chi connectivity index (χ1v) is 8.91. The summed E-state index contributed by atoms with van der Waals surface area (Å²) < 4.78 is 11.3.